The third-order valence-corrected chi connectivity index (χ3v) is 4.98. The summed E-state index contributed by atoms with van der Waals surface area (Å²) in [6, 6.07) is 10.7. The van der Waals surface area contributed by atoms with Crippen LogP contribution in [0.5, 0.6) is 5.75 Å². The number of carbonyl (C=O) groups excluding carboxylic acids is 3. The average molecular weight is 413 g/mol. The van der Waals surface area contributed by atoms with Crippen molar-refractivity contribution >= 4 is 23.4 Å². The number of methoxy groups -OCH3 is 1. The monoisotopic (exact) mass is 413 g/mol. The minimum Gasteiger partial charge on any atom is -0.494 e. The SMILES string of the molecule is COc1ccc([C@H](C)NC(=O)CNC(=O)c2ccc(N3CCCC3=O)cc2)cc1F. The molecule has 1 saturated heterocycles. The molecule has 0 unspecified atom stereocenters. The summed E-state index contributed by atoms with van der Waals surface area (Å²) in [5.74, 6) is -1.10. The highest BCUT2D eigenvalue weighted by Crippen LogP contribution is 2.22. The predicted molar refractivity (Wildman–Crippen MR) is 110 cm³/mol. The van der Waals surface area contributed by atoms with E-state index in [9.17, 15) is 18.8 Å². The molecule has 8 heteroatoms. The molecule has 30 heavy (non-hydrogen) atoms. The average Bonchev–Trinajstić information content (AvgIpc) is 3.17. The molecule has 0 bridgehead atoms. The lowest BCUT2D eigenvalue weighted by Gasteiger charge is -2.16. The van der Waals surface area contributed by atoms with Crippen molar-refractivity contribution in [1.29, 1.82) is 0 Å². The fraction of sp³-hybridized carbons (Fsp3) is 0.318. The van der Waals surface area contributed by atoms with Gasteiger partial charge in [-0.15, -0.1) is 0 Å². The molecule has 2 aromatic carbocycles. The molecule has 158 valence electrons. The highest BCUT2D eigenvalue weighted by atomic mass is 19.1. The van der Waals surface area contributed by atoms with Crippen molar-refractivity contribution < 1.29 is 23.5 Å². The number of rotatable bonds is 7. The highest BCUT2D eigenvalue weighted by Gasteiger charge is 2.21. The number of ether oxygens (including phenoxy) is 1. The van der Waals surface area contributed by atoms with Gasteiger partial charge in [-0.05, 0) is 55.3 Å². The topological polar surface area (TPSA) is 87.7 Å². The Balaban J connectivity index is 1.51. The van der Waals surface area contributed by atoms with Crippen LogP contribution < -0.4 is 20.3 Å². The van der Waals surface area contributed by atoms with E-state index < -0.39 is 23.7 Å². The number of halogens is 1. The van der Waals surface area contributed by atoms with Gasteiger partial charge in [0.1, 0.15) is 0 Å². The van der Waals surface area contributed by atoms with E-state index in [1.807, 2.05) is 0 Å². The summed E-state index contributed by atoms with van der Waals surface area (Å²) < 4.78 is 18.7. The lowest BCUT2D eigenvalue weighted by molar-refractivity contribution is -0.120. The van der Waals surface area contributed by atoms with Crippen LogP contribution in [0.25, 0.3) is 0 Å². The molecule has 3 amide bonds. The second-order valence-electron chi connectivity index (χ2n) is 7.06. The van der Waals surface area contributed by atoms with Crippen molar-refractivity contribution in [2.45, 2.75) is 25.8 Å². The fourth-order valence-electron chi connectivity index (χ4n) is 3.30. The van der Waals surface area contributed by atoms with Crippen LogP contribution in [0.15, 0.2) is 42.5 Å². The molecule has 0 spiro atoms. The molecule has 0 saturated carbocycles. The van der Waals surface area contributed by atoms with E-state index in [4.69, 9.17) is 4.74 Å². The molecule has 3 rings (SSSR count). The van der Waals surface area contributed by atoms with Crippen LogP contribution >= 0.6 is 0 Å². The van der Waals surface area contributed by atoms with Gasteiger partial charge in [0.2, 0.25) is 11.8 Å². The zero-order chi connectivity index (χ0) is 21.7. The standard InChI is InChI=1S/C22H24FN3O4/c1-14(16-7-10-19(30-2)18(23)12-16)25-20(27)13-24-22(29)15-5-8-17(9-6-15)26-11-3-4-21(26)28/h5-10,12,14H,3-4,11,13H2,1-2H3,(H,24,29)(H,25,27)/t14-/m0/s1. The van der Waals surface area contributed by atoms with Gasteiger partial charge in [0.05, 0.1) is 19.7 Å². The molecular formula is C22H24FN3O4. The maximum Gasteiger partial charge on any atom is 0.251 e. The highest BCUT2D eigenvalue weighted by molar-refractivity contribution is 5.98. The maximum atomic E-state index is 13.8. The fourth-order valence-corrected chi connectivity index (χ4v) is 3.30. The van der Waals surface area contributed by atoms with E-state index in [0.717, 1.165) is 12.1 Å². The van der Waals surface area contributed by atoms with E-state index in [2.05, 4.69) is 10.6 Å². The molecular weight excluding hydrogens is 389 g/mol. The largest absolute Gasteiger partial charge is 0.494 e. The summed E-state index contributed by atoms with van der Waals surface area (Å²) in [5.41, 5.74) is 1.73. The van der Waals surface area contributed by atoms with Crippen molar-refractivity contribution in [3.63, 3.8) is 0 Å². The smallest absolute Gasteiger partial charge is 0.251 e. The van der Waals surface area contributed by atoms with Gasteiger partial charge in [0, 0.05) is 24.2 Å². The van der Waals surface area contributed by atoms with Crippen LogP contribution in [-0.4, -0.2) is 37.9 Å². The molecule has 0 radical (unpaired) electrons. The van der Waals surface area contributed by atoms with Crippen molar-refractivity contribution in [3.05, 3.63) is 59.4 Å². The minimum atomic E-state index is -0.511. The molecule has 2 N–H and O–H groups in total. The van der Waals surface area contributed by atoms with E-state index in [1.54, 1.807) is 42.2 Å². The van der Waals surface area contributed by atoms with Crippen molar-refractivity contribution in [1.82, 2.24) is 10.6 Å². The normalized spacial score (nSPS) is 14.4. The Kier molecular flexibility index (Phi) is 6.66. The van der Waals surface area contributed by atoms with E-state index in [-0.39, 0.29) is 18.2 Å². The van der Waals surface area contributed by atoms with Gasteiger partial charge in [-0.1, -0.05) is 6.07 Å². The lowest BCUT2D eigenvalue weighted by Crippen LogP contribution is -2.38. The van der Waals surface area contributed by atoms with Crippen molar-refractivity contribution in [3.8, 4) is 5.75 Å². The van der Waals surface area contributed by atoms with Crippen LogP contribution in [0.1, 0.15) is 41.7 Å². The summed E-state index contributed by atoms with van der Waals surface area (Å²) in [5, 5.41) is 5.27. The number of amides is 3. The van der Waals surface area contributed by atoms with Crippen molar-refractivity contribution in [2.24, 2.45) is 0 Å². The summed E-state index contributed by atoms with van der Waals surface area (Å²) in [7, 11) is 1.38. The molecule has 1 aliphatic heterocycles. The second kappa shape index (κ2) is 9.39. The van der Waals surface area contributed by atoms with Crippen LogP contribution in [0.4, 0.5) is 10.1 Å². The van der Waals surface area contributed by atoms with Crippen molar-refractivity contribution in [2.75, 3.05) is 25.1 Å². The Labute approximate surface area is 174 Å². The van der Waals surface area contributed by atoms with Gasteiger partial charge in [-0.25, -0.2) is 4.39 Å². The quantitative estimate of drug-likeness (QED) is 0.730. The number of anilines is 1. The number of nitrogens with one attached hydrogen (secondary N) is 2. The summed E-state index contributed by atoms with van der Waals surface area (Å²) in [6.07, 6.45) is 1.37. The van der Waals surface area contributed by atoms with Gasteiger partial charge in [0.15, 0.2) is 11.6 Å². The Morgan fingerprint density at radius 3 is 2.53 bits per heavy atom. The summed E-state index contributed by atoms with van der Waals surface area (Å²) in [6.45, 7) is 2.19. The van der Waals surface area contributed by atoms with Gasteiger partial charge in [-0.2, -0.15) is 0 Å². The van der Waals surface area contributed by atoms with Crippen LogP contribution in [-0.2, 0) is 9.59 Å². The molecule has 2 aromatic rings. The number of hydrogen-bond donors (Lipinski definition) is 2. The first-order valence-electron chi connectivity index (χ1n) is 9.70. The summed E-state index contributed by atoms with van der Waals surface area (Å²) >= 11 is 0. The molecule has 0 aromatic heterocycles. The molecule has 1 atom stereocenters. The van der Waals surface area contributed by atoms with Gasteiger partial charge in [-0.3, -0.25) is 14.4 Å². The maximum absolute atomic E-state index is 13.8. The minimum absolute atomic E-state index is 0.0785. The zero-order valence-electron chi connectivity index (χ0n) is 16.9. The third kappa shape index (κ3) is 4.94. The first-order chi connectivity index (χ1) is 14.4. The van der Waals surface area contributed by atoms with E-state index >= 15 is 0 Å². The van der Waals surface area contributed by atoms with Crippen LogP contribution in [0.2, 0.25) is 0 Å². The first kappa shape index (κ1) is 21.3. The molecule has 1 heterocycles. The van der Waals surface area contributed by atoms with Crippen LogP contribution in [0.3, 0.4) is 0 Å². The first-order valence-corrected chi connectivity index (χ1v) is 9.70. The Morgan fingerprint density at radius 2 is 1.93 bits per heavy atom. The Hall–Kier alpha value is -3.42. The Bertz CT molecular complexity index is 946. The molecule has 1 fully saturated rings. The lowest BCUT2D eigenvalue weighted by atomic mass is 10.1. The number of nitrogens with zero attached hydrogens (tertiary/aromatic N) is 1. The zero-order valence-corrected chi connectivity index (χ0v) is 16.9. The van der Waals surface area contributed by atoms with Gasteiger partial charge < -0.3 is 20.3 Å². The Morgan fingerprint density at radius 1 is 1.20 bits per heavy atom. The van der Waals surface area contributed by atoms with Gasteiger partial charge >= 0.3 is 0 Å². The predicted octanol–water partition coefficient (Wildman–Crippen LogP) is 2.57. The van der Waals surface area contributed by atoms with E-state index in [1.165, 1.54) is 19.2 Å². The number of carbonyl (C=O) groups is 3. The molecule has 0 aliphatic carbocycles. The second-order valence-corrected chi connectivity index (χ2v) is 7.06. The third-order valence-electron chi connectivity index (χ3n) is 4.98. The van der Waals surface area contributed by atoms with Gasteiger partial charge in [0.25, 0.3) is 5.91 Å². The number of hydrogen-bond acceptors (Lipinski definition) is 4. The molecule has 7 nitrogen and oxygen atoms in total. The summed E-state index contributed by atoms with van der Waals surface area (Å²) in [4.78, 5) is 37.9. The molecule has 1 aliphatic rings. The van der Waals surface area contributed by atoms with Crippen LogP contribution in [0, 0.1) is 5.82 Å². The number of benzene rings is 2. The van der Waals surface area contributed by atoms with E-state index in [0.29, 0.717) is 24.1 Å².